The average molecular weight is 300 g/mol. The number of aromatic nitrogens is 3. The number of H-pyrrole nitrogens is 1. The molecule has 22 heavy (non-hydrogen) atoms. The standard InChI is InChI=1S/C15H16N4O3/c1-9(20)19-5-3-10(4-6-19)12-7-11-13(15(18-12)22-2)16-8-17-14(11)21/h3,7-8H,4-6H2,1-2H3,(H,16,17,21). The first-order valence-corrected chi connectivity index (χ1v) is 6.97. The predicted octanol–water partition coefficient (Wildman–Crippen LogP) is 0.962. The Hall–Kier alpha value is -2.70. The van der Waals surface area contributed by atoms with E-state index in [1.165, 1.54) is 13.4 Å². The summed E-state index contributed by atoms with van der Waals surface area (Å²) in [4.78, 5) is 36.2. The lowest BCUT2D eigenvalue weighted by molar-refractivity contribution is -0.128. The summed E-state index contributed by atoms with van der Waals surface area (Å²) < 4.78 is 5.26. The number of carbonyl (C=O) groups is 1. The van der Waals surface area contributed by atoms with Crippen molar-refractivity contribution >= 4 is 22.4 Å². The minimum atomic E-state index is -0.228. The zero-order chi connectivity index (χ0) is 15.7. The van der Waals surface area contributed by atoms with Gasteiger partial charge in [-0.2, -0.15) is 0 Å². The van der Waals surface area contributed by atoms with Gasteiger partial charge in [-0.05, 0) is 18.1 Å². The number of carbonyl (C=O) groups excluding carboxylic acids is 1. The summed E-state index contributed by atoms with van der Waals surface area (Å²) in [7, 11) is 1.50. The van der Waals surface area contributed by atoms with Crippen LogP contribution in [0.3, 0.4) is 0 Å². The molecule has 0 aromatic carbocycles. The van der Waals surface area contributed by atoms with Crippen molar-refractivity contribution in [3.8, 4) is 5.88 Å². The molecule has 0 bridgehead atoms. The molecule has 0 fully saturated rings. The van der Waals surface area contributed by atoms with Crippen molar-refractivity contribution in [1.82, 2.24) is 19.9 Å². The first-order valence-electron chi connectivity index (χ1n) is 6.97. The molecule has 0 spiro atoms. The second-order valence-electron chi connectivity index (χ2n) is 5.09. The molecule has 0 atom stereocenters. The summed E-state index contributed by atoms with van der Waals surface area (Å²) in [6.45, 7) is 2.75. The van der Waals surface area contributed by atoms with Crippen molar-refractivity contribution in [3.05, 3.63) is 34.5 Å². The molecule has 0 saturated carbocycles. The van der Waals surface area contributed by atoms with E-state index in [4.69, 9.17) is 4.74 Å². The van der Waals surface area contributed by atoms with E-state index in [2.05, 4.69) is 15.0 Å². The van der Waals surface area contributed by atoms with Crippen molar-refractivity contribution in [2.75, 3.05) is 20.2 Å². The molecule has 0 radical (unpaired) electrons. The molecule has 1 aliphatic heterocycles. The van der Waals surface area contributed by atoms with Crippen LogP contribution >= 0.6 is 0 Å². The number of pyridine rings is 1. The van der Waals surface area contributed by atoms with Gasteiger partial charge < -0.3 is 14.6 Å². The molecule has 114 valence electrons. The maximum absolute atomic E-state index is 12.0. The Morgan fingerprint density at radius 2 is 2.27 bits per heavy atom. The highest BCUT2D eigenvalue weighted by molar-refractivity contribution is 5.85. The largest absolute Gasteiger partial charge is 0.479 e. The van der Waals surface area contributed by atoms with Crippen LogP contribution in [0.25, 0.3) is 16.5 Å². The number of hydrogen-bond acceptors (Lipinski definition) is 5. The third-order valence-electron chi connectivity index (χ3n) is 3.77. The minimum Gasteiger partial charge on any atom is -0.479 e. The van der Waals surface area contributed by atoms with Crippen molar-refractivity contribution in [2.24, 2.45) is 0 Å². The van der Waals surface area contributed by atoms with Crippen molar-refractivity contribution in [3.63, 3.8) is 0 Å². The predicted molar refractivity (Wildman–Crippen MR) is 81.6 cm³/mol. The third kappa shape index (κ3) is 2.45. The smallest absolute Gasteiger partial charge is 0.258 e. The molecule has 2 aromatic heterocycles. The zero-order valence-corrected chi connectivity index (χ0v) is 12.4. The van der Waals surface area contributed by atoms with E-state index in [1.54, 1.807) is 17.9 Å². The fraction of sp³-hybridized carbons (Fsp3) is 0.333. The molecule has 7 heteroatoms. The Morgan fingerprint density at radius 1 is 1.45 bits per heavy atom. The van der Waals surface area contributed by atoms with Crippen LogP contribution in [0.15, 0.2) is 23.3 Å². The van der Waals surface area contributed by atoms with Gasteiger partial charge in [0.15, 0.2) is 0 Å². The summed E-state index contributed by atoms with van der Waals surface area (Å²) >= 11 is 0. The van der Waals surface area contributed by atoms with Gasteiger partial charge in [-0.1, -0.05) is 6.08 Å². The molecular formula is C15H16N4O3. The lowest BCUT2D eigenvalue weighted by atomic mass is 10.0. The normalized spacial score (nSPS) is 14.8. The fourth-order valence-electron chi connectivity index (χ4n) is 2.54. The Bertz CT molecular complexity index is 825. The Morgan fingerprint density at radius 3 is 2.91 bits per heavy atom. The maximum atomic E-state index is 12.0. The molecule has 0 aliphatic carbocycles. The first-order chi connectivity index (χ1) is 10.6. The van der Waals surface area contributed by atoms with Gasteiger partial charge in [0.25, 0.3) is 5.56 Å². The van der Waals surface area contributed by atoms with E-state index < -0.39 is 0 Å². The molecule has 1 amide bonds. The molecule has 7 nitrogen and oxygen atoms in total. The maximum Gasteiger partial charge on any atom is 0.258 e. The molecule has 3 rings (SSSR count). The summed E-state index contributed by atoms with van der Waals surface area (Å²) in [5.74, 6) is 0.383. The lowest BCUT2D eigenvalue weighted by Crippen LogP contribution is -2.32. The highest BCUT2D eigenvalue weighted by Gasteiger charge is 2.18. The highest BCUT2D eigenvalue weighted by Crippen LogP contribution is 2.26. The van der Waals surface area contributed by atoms with Gasteiger partial charge in [0.05, 0.1) is 24.5 Å². The number of nitrogens with zero attached hydrogens (tertiary/aromatic N) is 3. The van der Waals surface area contributed by atoms with Crippen molar-refractivity contribution in [1.29, 1.82) is 0 Å². The van der Waals surface area contributed by atoms with Gasteiger partial charge >= 0.3 is 0 Å². The first kappa shape index (κ1) is 14.2. The van der Waals surface area contributed by atoms with Crippen molar-refractivity contribution < 1.29 is 9.53 Å². The van der Waals surface area contributed by atoms with Gasteiger partial charge in [-0.15, -0.1) is 0 Å². The molecule has 0 unspecified atom stereocenters. The highest BCUT2D eigenvalue weighted by atomic mass is 16.5. The van der Waals surface area contributed by atoms with Crippen molar-refractivity contribution in [2.45, 2.75) is 13.3 Å². The quantitative estimate of drug-likeness (QED) is 0.892. The molecule has 2 aromatic rings. The number of fused-ring (bicyclic) bond motifs is 1. The van der Waals surface area contributed by atoms with Crippen LogP contribution in [-0.2, 0) is 4.79 Å². The minimum absolute atomic E-state index is 0.0556. The monoisotopic (exact) mass is 300 g/mol. The molecule has 0 saturated heterocycles. The molecule has 3 heterocycles. The van der Waals surface area contributed by atoms with Crippen LogP contribution in [0.5, 0.6) is 5.88 Å². The molecular weight excluding hydrogens is 284 g/mol. The topological polar surface area (TPSA) is 88.2 Å². The number of aromatic amines is 1. The van der Waals surface area contributed by atoms with E-state index >= 15 is 0 Å². The third-order valence-corrected chi connectivity index (χ3v) is 3.77. The van der Waals surface area contributed by atoms with E-state index in [-0.39, 0.29) is 11.5 Å². The van der Waals surface area contributed by atoms with E-state index in [0.29, 0.717) is 42.0 Å². The summed E-state index contributed by atoms with van der Waals surface area (Å²) in [6.07, 6.45) is 3.99. The molecule has 1 aliphatic rings. The second kappa shape index (κ2) is 5.59. The van der Waals surface area contributed by atoms with Gasteiger partial charge in [0.1, 0.15) is 5.52 Å². The van der Waals surface area contributed by atoms with Crippen LogP contribution in [0.1, 0.15) is 19.0 Å². The zero-order valence-electron chi connectivity index (χ0n) is 12.4. The number of hydrogen-bond donors (Lipinski definition) is 1. The van der Waals surface area contributed by atoms with E-state index in [9.17, 15) is 9.59 Å². The Kier molecular flexibility index (Phi) is 3.62. The average Bonchev–Trinajstić information content (AvgIpc) is 2.54. The van der Waals surface area contributed by atoms with Crippen LogP contribution in [0.2, 0.25) is 0 Å². The lowest BCUT2D eigenvalue weighted by Gasteiger charge is -2.25. The van der Waals surface area contributed by atoms with Crippen LogP contribution in [0.4, 0.5) is 0 Å². The summed E-state index contributed by atoms with van der Waals surface area (Å²) in [6, 6.07) is 1.72. The fourth-order valence-corrected chi connectivity index (χ4v) is 2.54. The van der Waals surface area contributed by atoms with Crippen LogP contribution in [-0.4, -0.2) is 46.0 Å². The van der Waals surface area contributed by atoms with Crippen LogP contribution < -0.4 is 10.3 Å². The van der Waals surface area contributed by atoms with Gasteiger partial charge in [0, 0.05) is 20.0 Å². The van der Waals surface area contributed by atoms with Crippen LogP contribution in [0, 0.1) is 0 Å². The number of ether oxygens (including phenoxy) is 1. The Balaban J connectivity index is 2.07. The SMILES string of the molecule is COc1nc(C2=CCN(C(C)=O)CC2)cc2c(=O)[nH]cnc12. The Labute approximate surface area is 126 Å². The number of methoxy groups -OCH3 is 1. The van der Waals surface area contributed by atoms with Gasteiger partial charge in [-0.25, -0.2) is 9.97 Å². The number of nitrogens with one attached hydrogen (secondary N) is 1. The van der Waals surface area contributed by atoms with Gasteiger partial charge in [0.2, 0.25) is 11.8 Å². The number of amides is 1. The van der Waals surface area contributed by atoms with E-state index in [1.807, 2.05) is 6.08 Å². The summed E-state index contributed by atoms with van der Waals surface area (Å²) in [5, 5.41) is 0.444. The second-order valence-corrected chi connectivity index (χ2v) is 5.09. The number of rotatable bonds is 2. The van der Waals surface area contributed by atoms with Gasteiger partial charge in [-0.3, -0.25) is 9.59 Å². The summed E-state index contributed by atoms with van der Waals surface area (Å²) in [5.41, 5.74) is 1.90. The molecule has 1 N–H and O–H groups in total. The van der Waals surface area contributed by atoms with E-state index in [0.717, 1.165) is 5.57 Å².